The minimum Gasteiger partial charge on any atom is -0.490 e. The fraction of sp³-hybridized carbons (Fsp3) is 0.556. The van der Waals surface area contributed by atoms with Gasteiger partial charge >= 0.3 is 5.97 Å². The van der Waals surface area contributed by atoms with Gasteiger partial charge in [-0.05, 0) is 44.6 Å². The summed E-state index contributed by atoms with van der Waals surface area (Å²) in [6, 6.07) is 7.73. The molecule has 1 aromatic carbocycles. The third-order valence-electron chi connectivity index (χ3n) is 4.95. The maximum Gasteiger partial charge on any atom is 0.307 e. The van der Waals surface area contributed by atoms with E-state index in [9.17, 15) is 9.59 Å². The van der Waals surface area contributed by atoms with E-state index in [1.165, 1.54) is 12.8 Å². The molecule has 5 heteroatoms. The van der Waals surface area contributed by atoms with E-state index in [2.05, 4.69) is 5.32 Å². The number of nitrogens with one attached hydrogen (secondary N) is 1. The lowest BCUT2D eigenvalue weighted by Crippen LogP contribution is -2.43. The second-order valence-electron chi connectivity index (χ2n) is 6.48. The number of hydrogen-bond acceptors (Lipinski definition) is 3. The number of carboxylic acid groups (broad SMARTS) is 1. The minimum absolute atomic E-state index is 0.167. The summed E-state index contributed by atoms with van der Waals surface area (Å²) in [4.78, 5) is 23.2. The van der Waals surface area contributed by atoms with Gasteiger partial charge in [0.2, 0.25) is 5.91 Å². The largest absolute Gasteiger partial charge is 0.490 e. The molecule has 0 radical (unpaired) electrons. The standard InChI is InChI=1S/C18H23NO4/c20-17(14-9-10-15(14)18(21)22)19-11-12-5-1-4-8-16(12)23-13-6-2-3-7-13/h1,4-5,8,13-15H,2-3,6-7,9-11H2,(H,19,20)(H,21,22). The summed E-state index contributed by atoms with van der Waals surface area (Å²) >= 11 is 0. The van der Waals surface area contributed by atoms with Crippen LogP contribution in [0.1, 0.15) is 44.1 Å². The van der Waals surface area contributed by atoms with Crippen molar-refractivity contribution in [2.75, 3.05) is 0 Å². The van der Waals surface area contributed by atoms with Crippen molar-refractivity contribution in [3.05, 3.63) is 29.8 Å². The maximum atomic E-state index is 12.2. The van der Waals surface area contributed by atoms with Gasteiger partial charge in [0, 0.05) is 12.1 Å². The number of para-hydroxylation sites is 1. The van der Waals surface area contributed by atoms with E-state index in [0.717, 1.165) is 24.2 Å². The molecule has 0 aromatic heterocycles. The Labute approximate surface area is 136 Å². The fourth-order valence-electron chi connectivity index (χ4n) is 3.37. The van der Waals surface area contributed by atoms with Crippen LogP contribution in [0.2, 0.25) is 0 Å². The Balaban J connectivity index is 1.57. The van der Waals surface area contributed by atoms with Crippen LogP contribution in [0.3, 0.4) is 0 Å². The smallest absolute Gasteiger partial charge is 0.307 e. The number of amides is 1. The highest BCUT2D eigenvalue weighted by Crippen LogP contribution is 2.34. The van der Waals surface area contributed by atoms with Gasteiger partial charge in [0.15, 0.2) is 0 Å². The Kier molecular flexibility index (Phi) is 4.84. The number of carbonyl (C=O) groups is 2. The highest BCUT2D eigenvalue weighted by atomic mass is 16.5. The van der Waals surface area contributed by atoms with Crippen molar-refractivity contribution < 1.29 is 19.4 Å². The number of rotatable bonds is 6. The number of carbonyl (C=O) groups excluding carboxylic acids is 1. The van der Waals surface area contributed by atoms with Crippen molar-refractivity contribution in [2.45, 2.75) is 51.2 Å². The zero-order valence-electron chi connectivity index (χ0n) is 13.2. The average molecular weight is 317 g/mol. The van der Waals surface area contributed by atoms with Crippen LogP contribution < -0.4 is 10.1 Å². The van der Waals surface area contributed by atoms with Gasteiger partial charge in [-0.15, -0.1) is 0 Å². The van der Waals surface area contributed by atoms with Crippen LogP contribution in [0.4, 0.5) is 0 Å². The minimum atomic E-state index is -0.874. The number of hydrogen-bond donors (Lipinski definition) is 2. The van der Waals surface area contributed by atoms with Crippen molar-refractivity contribution in [1.82, 2.24) is 5.32 Å². The van der Waals surface area contributed by atoms with Crippen molar-refractivity contribution in [1.29, 1.82) is 0 Å². The van der Waals surface area contributed by atoms with E-state index in [1.807, 2.05) is 24.3 Å². The second kappa shape index (κ2) is 7.02. The maximum absolute atomic E-state index is 12.2. The molecule has 2 aliphatic rings. The third-order valence-corrected chi connectivity index (χ3v) is 4.95. The Morgan fingerprint density at radius 1 is 1.09 bits per heavy atom. The Morgan fingerprint density at radius 2 is 1.78 bits per heavy atom. The zero-order chi connectivity index (χ0) is 16.2. The van der Waals surface area contributed by atoms with Crippen LogP contribution in [0.5, 0.6) is 5.75 Å². The molecule has 23 heavy (non-hydrogen) atoms. The fourth-order valence-corrected chi connectivity index (χ4v) is 3.37. The SMILES string of the molecule is O=C(O)C1CCC1C(=O)NCc1ccccc1OC1CCCC1. The van der Waals surface area contributed by atoms with Crippen LogP contribution >= 0.6 is 0 Å². The molecule has 0 spiro atoms. The van der Waals surface area contributed by atoms with Gasteiger partial charge in [-0.3, -0.25) is 9.59 Å². The quantitative estimate of drug-likeness (QED) is 0.846. The van der Waals surface area contributed by atoms with E-state index in [-0.39, 0.29) is 12.0 Å². The number of benzene rings is 1. The van der Waals surface area contributed by atoms with Gasteiger partial charge in [-0.25, -0.2) is 0 Å². The van der Waals surface area contributed by atoms with Gasteiger partial charge in [0.1, 0.15) is 5.75 Å². The van der Waals surface area contributed by atoms with Crippen molar-refractivity contribution in [2.24, 2.45) is 11.8 Å². The van der Waals surface area contributed by atoms with Gasteiger partial charge in [0.25, 0.3) is 0 Å². The summed E-state index contributed by atoms with van der Waals surface area (Å²) in [7, 11) is 0. The van der Waals surface area contributed by atoms with Crippen LogP contribution in [-0.2, 0) is 16.1 Å². The molecule has 3 rings (SSSR count). The Hall–Kier alpha value is -2.04. The van der Waals surface area contributed by atoms with E-state index in [1.54, 1.807) is 0 Å². The van der Waals surface area contributed by atoms with Crippen LogP contribution in [-0.4, -0.2) is 23.1 Å². The zero-order valence-corrected chi connectivity index (χ0v) is 13.2. The molecule has 2 unspecified atom stereocenters. The van der Waals surface area contributed by atoms with Gasteiger partial charge < -0.3 is 15.2 Å². The Bertz CT molecular complexity index is 580. The summed E-state index contributed by atoms with van der Waals surface area (Å²) in [6.45, 7) is 0.380. The Morgan fingerprint density at radius 3 is 2.43 bits per heavy atom. The van der Waals surface area contributed by atoms with E-state index >= 15 is 0 Å². The van der Waals surface area contributed by atoms with Crippen molar-refractivity contribution >= 4 is 11.9 Å². The van der Waals surface area contributed by atoms with Gasteiger partial charge in [0.05, 0.1) is 17.9 Å². The summed E-state index contributed by atoms with van der Waals surface area (Å²) in [5.74, 6) is -1.14. The molecular formula is C18H23NO4. The molecule has 0 bridgehead atoms. The molecule has 1 amide bonds. The molecule has 124 valence electrons. The highest BCUT2D eigenvalue weighted by molar-refractivity contribution is 5.86. The first-order valence-electron chi connectivity index (χ1n) is 8.40. The van der Waals surface area contributed by atoms with Crippen LogP contribution in [0, 0.1) is 11.8 Å². The molecule has 0 saturated heterocycles. The number of ether oxygens (including phenoxy) is 1. The lowest BCUT2D eigenvalue weighted by Gasteiger charge is -2.32. The molecule has 2 fully saturated rings. The summed E-state index contributed by atoms with van der Waals surface area (Å²) in [5, 5.41) is 11.9. The van der Waals surface area contributed by atoms with E-state index < -0.39 is 17.8 Å². The molecule has 0 aliphatic heterocycles. The monoisotopic (exact) mass is 317 g/mol. The molecular weight excluding hydrogens is 294 g/mol. The summed E-state index contributed by atoms with van der Waals surface area (Å²) < 4.78 is 6.05. The lowest BCUT2D eigenvalue weighted by molar-refractivity contribution is -0.152. The molecule has 1 aromatic rings. The predicted molar refractivity (Wildman–Crippen MR) is 85.0 cm³/mol. The lowest BCUT2D eigenvalue weighted by atomic mass is 9.73. The molecule has 0 heterocycles. The van der Waals surface area contributed by atoms with Crippen molar-refractivity contribution in [3.63, 3.8) is 0 Å². The third kappa shape index (κ3) is 3.66. The number of carboxylic acids is 1. The molecule has 2 aliphatic carbocycles. The molecule has 5 nitrogen and oxygen atoms in total. The molecule has 2 saturated carbocycles. The van der Waals surface area contributed by atoms with E-state index in [4.69, 9.17) is 9.84 Å². The normalized spacial score (nSPS) is 24.0. The van der Waals surface area contributed by atoms with E-state index in [0.29, 0.717) is 19.4 Å². The second-order valence-corrected chi connectivity index (χ2v) is 6.48. The highest BCUT2D eigenvalue weighted by Gasteiger charge is 2.41. The van der Waals surface area contributed by atoms with Crippen LogP contribution in [0.15, 0.2) is 24.3 Å². The predicted octanol–water partition coefficient (Wildman–Crippen LogP) is 2.74. The van der Waals surface area contributed by atoms with Crippen LogP contribution in [0.25, 0.3) is 0 Å². The molecule has 2 atom stereocenters. The first kappa shape index (κ1) is 15.8. The summed E-state index contributed by atoms with van der Waals surface area (Å²) in [5.41, 5.74) is 0.943. The summed E-state index contributed by atoms with van der Waals surface area (Å²) in [6.07, 6.45) is 6.11. The number of aliphatic carboxylic acids is 1. The topological polar surface area (TPSA) is 75.6 Å². The average Bonchev–Trinajstić information content (AvgIpc) is 2.97. The first-order chi connectivity index (χ1) is 11.1. The van der Waals surface area contributed by atoms with Gasteiger partial charge in [-0.2, -0.15) is 0 Å². The first-order valence-corrected chi connectivity index (χ1v) is 8.40. The molecule has 2 N–H and O–H groups in total. The van der Waals surface area contributed by atoms with Gasteiger partial charge in [-0.1, -0.05) is 18.2 Å². The van der Waals surface area contributed by atoms with Crippen molar-refractivity contribution in [3.8, 4) is 5.75 Å².